The van der Waals surface area contributed by atoms with Gasteiger partial charge in [-0.1, -0.05) is 103 Å². The van der Waals surface area contributed by atoms with E-state index in [0.29, 0.717) is 13.1 Å². The molecule has 0 N–H and O–H groups in total. The molecule has 0 atom stereocenters. The van der Waals surface area contributed by atoms with Crippen molar-refractivity contribution in [2.24, 2.45) is 0 Å². The van der Waals surface area contributed by atoms with Crippen molar-refractivity contribution >= 4 is 34.4 Å². The Morgan fingerprint density at radius 1 is 0.371 bits per heavy atom. The maximum atomic E-state index is 7.09. The van der Waals surface area contributed by atoms with Gasteiger partial charge in [0.15, 0.2) is 0 Å². The average molecular weight is 475 g/mol. The molecule has 35 heavy (non-hydrogen) atoms. The first-order valence-corrected chi connectivity index (χ1v) is 12.2. The summed E-state index contributed by atoms with van der Waals surface area (Å²) in [6, 6.07) is 48.2. The zero-order valence-electron chi connectivity index (χ0n) is 19.5. The minimum absolute atomic E-state index is 0.678. The minimum atomic E-state index is 0.678. The third-order valence-corrected chi connectivity index (χ3v) is 6.57. The average Bonchev–Trinajstić information content (AvgIpc) is 2.94. The van der Waals surface area contributed by atoms with Gasteiger partial charge in [0.1, 0.15) is 0 Å². The summed E-state index contributed by atoms with van der Waals surface area (Å²) in [4.78, 5) is 4.61. The molecule has 0 saturated heterocycles. The van der Waals surface area contributed by atoms with Gasteiger partial charge in [-0.15, -0.1) is 0 Å². The summed E-state index contributed by atoms with van der Waals surface area (Å²) in [5, 5.41) is 0.807. The van der Waals surface area contributed by atoms with E-state index in [1.807, 2.05) is 24.3 Å². The first-order chi connectivity index (χ1) is 17.3. The number of benzene rings is 5. The van der Waals surface area contributed by atoms with Crippen LogP contribution in [0.2, 0.25) is 5.02 Å². The van der Waals surface area contributed by atoms with Gasteiger partial charge in [0.05, 0.1) is 5.02 Å². The second-order valence-corrected chi connectivity index (χ2v) is 8.78. The van der Waals surface area contributed by atoms with Crippen LogP contribution in [0.5, 0.6) is 0 Å². The van der Waals surface area contributed by atoms with Gasteiger partial charge < -0.3 is 9.80 Å². The molecule has 0 aliphatic carbocycles. The zero-order chi connectivity index (χ0) is 23.9. The predicted octanol–water partition coefficient (Wildman–Crippen LogP) is 9.02. The number of nitrogens with zero attached hydrogens (tertiary/aromatic N) is 2. The molecular formula is C32H27ClN2. The summed E-state index contributed by atoms with van der Waals surface area (Å²) < 4.78 is 0. The smallest absolute Gasteiger partial charge is 0.0506 e. The van der Waals surface area contributed by atoms with E-state index in [1.54, 1.807) is 0 Å². The second-order valence-electron chi connectivity index (χ2n) is 8.40. The molecule has 5 rings (SSSR count). The van der Waals surface area contributed by atoms with Crippen LogP contribution in [0.25, 0.3) is 0 Å². The summed E-state index contributed by atoms with van der Waals surface area (Å²) in [5.74, 6) is 0. The molecule has 0 spiro atoms. The van der Waals surface area contributed by atoms with Gasteiger partial charge in [-0.25, -0.2) is 0 Å². The van der Waals surface area contributed by atoms with Crippen LogP contribution in [0.1, 0.15) is 11.1 Å². The number of halogens is 1. The molecule has 0 aromatic heterocycles. The first-order valence-electron chi connectivity index (χ1n) is 11.8. The Kier molecular flexibility index (Phi) is 7.12. The minimum Gasteiger partial charge on any atom is -0.337 e. The lowest BCUT2D eigenvalue weighted by Gasteiger charge is -2.28. The molecule has 3 heteroatoms. The van der Waals surface area contributed by atoms with Crippen LogP contribution in [0.15, 0.2) is 140 Å². The van der Waals surface area contributed by atoms with E-state index in [0.717, 1.165) is 38.9 Å². The summed E-state index contributed by atoms with van der Waals surface area (Å²) in [7, 11) is 0. The van der Waals surface area contributed by atoms with Crippen molar-refractivity contribution in [1.29, 1.82) is 0 Å². The summed E-state index contributed by atoms with van der Waals surface area (Å²) >= 11 is 7.09. The normalized spacial score (nSPS) is 10.7. The third kappa shape index (κ3) is 5.40. The van der Waals surface area contributed by atoms with Crippen molar-refractivity contribution in [3.05, 3.63) is 156 Å². The Labute approximate surface area is 212 Å². The molecule has 2 nitrogen and oxygen atoms in total. The molecule has 0 bridgehead atoms. The van der Waals surface area contributed by atoms with Crippen LogP contribution >= 0.6 is 11.6 Å². The van der Waals surface area contributed by atoms with Gasteiger partial charge in [-0.05, 0) is 59.7 Å². The van der Waals surface area contributed by atoms with Crippen molar-refractivity contribution in [3.8, 4) is 0 Å². The largest absolute Gasteiger partial charge is 0.337 e. The molecule has 0 fully saturated rings. The highest BCUT2D eigenvalue weighted by Crippen LogP contribution is 2.33. The van der Waals surface area contributed by atoms with Crippen LogP contribution < -0.4 is 9.80 Å². The third-order valence-electron chi connectivity index (χ3n) is 6.09. The summed E-state index contributed by atoms with van der Waals surface area (Å²) in [6.07, 6.45) is 0. The van der Waals surface area contributed by atoms with Gasteiger partial charge in [-0.3, -0.25) is 0 Å². The molecule has 5 aromatic carbocycles. The maximum Gasteiger partial charge on any atom is 0.0506 e. The van der Waals surface area contributed by atoms with Crippen LogP contribution in [0, 0.1) is 0 Å². The molecule has 0 heterocycles. The number of hydrogen-bond donors (Lipinski definition) is 0. The van der Waals surface area contributed by atoms with Gasteiger partial charge in [-0.2, -0.15) is 0 Å². The van der Waals surface area contributed by atoms with Crippen LogP contribution in [0.4, 0.5) is 22.7 Å². The second kappa shape index (κ2) is 10.9. The summed E-state index contributed by atoms with van der Waals surface area (Å²) in [6.45, 7) is 1.36. The number of hydrogen-bond acceptors (Lipinski definition) is 2. The van der Waals surface area contributed by atoms with Crippen molar-refractivity contribution in [2.75, 3.05) is 9.80 Å². The number of anilines is 4. The lowest BCUT2D eigenvalue weighted by molar-refractivity contribution is 0.945. The molecule has 0 radical (unpaired) electrons. The lowest BCUT2D eigenvalue weighted by atomic mass is 10.1. The van der Waals surface area contributed by atoms with Gasteiger partial charge in [0.25, 0.3) is 0 Å². The Hall–Kier alpha value is -4.01. The SMILES string of the molecule is Clc1c(CN(c2ccccc2)c2ccccc2)cccc1CN(c1ccccc1)c1ccccc1. The van der Waals surface area contributed by atoms with E-state index in [4.69, 9.17) is 11.6 Å². The van der Waals surface area contributed by atoms with E-state index in [-0.39, 0.29) is 0 Å². The zero-order valence-corrected chi connectivity index (χ0v) is 20.2. The summed E-state index contributed by atoms with van der Waals surface area (Å²) in [5.41, 5.74) is 6.73. The van der Waals surface area contributed by atoms with E-state index in [2.05, 4.69) is 125 Å². The number of para-hydroxylation sites is 4. The predicted molar refractivity (Wildman–Crippen MR) is 149 cm³/mol. The van der Waals surface area contributed by atoms with Gasteiger partial charge in [0.2, 0.25) is 0 Å². The van der Waals surface area contributed by atoms with Gasteiger partial charge in [0, 0.05) is 35.8 Å². The van der Waals surface area contributed by atoms with Crippen molar-refractivity contribution < 1.29 is 0 Å². The van der Waals surface area contributed by atoms with Crippen LogP contribution in [0.3, 0.4) is 0 Å². The maximum absolute atomic E-state index is 7.09. The van der Waals surface area contributed by atoms with Gasteiger partial charge >= 0.3 is 0 Å². The Bertz CT molecular complexity index is 1160. The molecule has 0 aliphatic rings. The molecule has 0 saturated carbocycles. The molecule has 172 valence electrons. The van der Waals surface area contributed by atoms with Crippen LogP contribution in [-0.2, 0) is 13.1 Å². The Balaban J connectivity index is 1.49. The fourth-order valence-electron chi connectivity index (χ4n) is 4.31. The Morgan fingerprint density at radius 3 is 0.943 bits per heavy atom. The highest BCUT2D eigenvalue weighted by molar-refractivity contribution is 6.32. The fourth-order valence-corrected chi connectivity index (χ4v) is 4.56. The van der Waals surface area contributed by atoms with E-state index in [1.165, 1.54) is 0 Å². The molecular weight excluding hydrogens is 448 g/mol. The van der Waals surface area contributed by atoms with E-state index >= 15 is 0 Å². The molecule has 0 aliphatic heterocycles. The highest BCUT2D eigenvalue weighted by Gasteiger charge is 2.16. The quantitative estimate of drug-likeness (QED) is 0.221. The van der Waals surface area contributed by atoms with E-state index < -0.39 is 0 Å². The molecule has 5 aromatic rings. The van der Waals surface area contributed by atoms with Crippen molar-refractivity contribution in [1.82, 2.24) is 0 Å². The number of rotatable bonds is 8. The van der Waals surface area contributed by atoms with Crippen LogP contribution in [-0.4, -0.2) is 0 Å². The Morgan fingerprint density at radius 2 is 0.657 bits per heavy atom. The highest BCUT2D eigenvalue weighted by atomic mass is 35.5. The van der Waals surface area contributed by atoms with Crippen molar-refractivity contribution in [3.63, 3.8) is 0 Å². The topological polar surface area (TPSA) is 6.48 Å². The lowest BCUT2D eigenvalue weighted by Crippen LogP contribution is -2.19. The first kappa shape index (κ1) is 22.8. The fraction of sp³-hybridized carbons (Fsp3) is 0.0625. The monoisotopic (exact) mass is 474 g/mol. The molecule has 0 unspecified atom stereocenters. The standard InChI is InChI=1S/C32H27ClN2/c33-32-26(24-34(28-16-5-1-6-17-28)29-18-7-2-8-19-29)14-13-15-27(32)25-35(30-20-9-3-10-21-30)31-22-11-4-12-23-31/h1-23H,24-25H2. The van der Waals surface area contributed by atoms with E-state index in [9.17, 15) is 0 Å². The molecule has 0 amide bonds. The van der Waals surface area contributed by atoms with Crippen molar-refractivity contribution in [2.45, 2.75) is 13.1 Å².